The molecule has 1 atom stereocenters. The molecule has 27 heavy (non-hydrogen) atoms. The number of rotatable bonds is 6. The molecule has 0 N–H and O–H groups in total. The molecule has 0 bridgehead atoms. The predicted octanol–water partition coefficient (Wildman–Crippen LogP) is 5.13. The summed E-state index contributed by atoms with van der Waals surface area (Å²) in [4.78, 5) is 18.6. The molecule has 4 nitrogen and oxygen atoms in total. The Bertz CT molecular complexity index is 938. The van der Waals surface area contributed by atoms with Crippen LogP contribution in [0.15, 0.2) is 54.6 Å². The van der Waals surface area contributed by atoms with Crippen molar-refractivity contribution in [3.05, 3.63) is 65.2 Å². The maximum absolute atomic E-state index is 12.5. The van der Waals surface area contributed by atoms with Crippen LogP contribution in [0.4, 0.5) is 8.78 Å². The maximum Gasteiger partial charge on any atom is 0.387 e. The van der Waals surface area contributed by atoms with Gasteiger partial charge in [-0.25, -0.2) is 4.98 Å². The number of halogens is 2. The molecule has 0 radical (unpaired) electrons. The van der Waals surface area contributed by atoms with Crippen LogP contribution in [0.5, 0.6) is 5.75 Å². The van der Waals surface area contributed by atoms with Crippen molar-refractivity contribution in [2.45, 2.75) is 19.6 Å². The van der Waals surface area contributed by atoms with Crippen LogP contribution in [0.2, 0.25) is 0 Å². The Morgan fingerprint density at radius 3 is 2.63 bits per heavy atom. The smallest absolute Gasteiger partial charge is 0.387 e. The third kappa shape index (κ3) is 4.49. The van der Waals surface area contributed by atoms with Gasteiger partial charge in [0.15, 0.2) is 0 Å². The molecule has 7 heteroatoms. The zero-order chi connectivity index (χ0) is 19.4. The van der Waals surface area contributed by atoms with E-state index < -0.39 is 6.61 Å². The summed E-state index contributed by atoms with van der Waals surface area (Å²) in [6.45, 7) is -1.02. The fourth-order valence-electron chi connectivity index (χ4n) is 2.53. The minimum Gasteiger partial charge on any atom is -0.434 e. The number of thiazole rings is 1. The highest BCUT2D eigenvalue weighted by Crippen LogP contribution is 2.29. The number of benzene rings is 2. The van der Waals surface area contributed by atoms with Gasteiger partial charge in [0.1, 0.15) is 10.8 Å². The molecule has 3 aromatic rings. The van der Waals surface area contributed by atoms with Crippen molar-refractivity contribution in [1.29, 1.82) is 0 Å². The zero-order valence-corrected chi connectivity index (χ0v) is 15.6. The quantitative estimate of drug-likeness (QED) is 0.550. The number of fused-ring (bicyclic) bond motifs is 1. The molecule has 0 fully saturated rings. The van der Waals surface area contributed by atoms with Gasteiger partial charge < -0.3 is 9.64 Å². The molecule has 1 heterocycles. The summed E-state index contributed by atoms with van der Waals surface area (Å²) < 4.78 is 30.5. The molecule has 140 valence electrons. The van der Waals surface area contributed by atoms with Crippen LogP contribution in [0.25, 0.3) is 16.3 Å². The van der Waals surface area contributed by atoms with Gasteiger partial charge in [0.2, 0.25) is 5.91 Å². The Labute approximate surface area is 159 Å². The Balaban J connectivity index is 1.74. The molecule has 3 rings (SSSR count). The van der Waals surface area contributed by atoms with Gasteiger partial charge in [0.25, 0.3) is 0 Å². The predicted molar refractivity (Wildman–Crippen MR) is 103 cm³/mol. The van der Waals surface area contributed by atoms with Crippen molar-refractivity contribution in [2.24, 2.45) is 0 Å². The van der Waals surface area contributed by atoms with Crippen LogP contribution in [-0.2, 0) is 4.79 Å². The molecule has 0 spiro atoms. The molecule has 0 saturated carbocycles. The number of likely N-dealkylation sites (N-methyl/N-ethyl adjacent to an activating group) is 1. The highest BCUT2D eigenvalue weighted by Gasteiger charge is 2.19. The molecule has 0 aliphatic rings. The zero-order valence-electron chi connectivity index (χ0n) is 14.8. The largest absolute Gasteiger partial charge is 0.434 e. The van der Waals surface area contributed by atoms with Crippen LogP contribution < -0.4 is 4.74 Å². The van der Waals surface area contributed by atoms with Gasteiger partial charge >= 0.3 is 6.61 Å². The number of ether oxygens (including phenoxy) is 1. The molecule has 2 aromatic carbocycles. The van der Waals surface area contributed by atoms with Gasteiger partial charge in [-0.05, 0) is 31.2 Å². The number of aromatic nitrogens is 1. The second kappa shape index (κ2) is 8.26. The third-order valence-electron chi connectivity index (χ3n) is 4.14. The summed E-state index contributed by atoms with van der Waals surface area (Å²) in [7, 11) is 1.69. The second-order valence-electron chi connectivity index (χ2n) is 5.89. The van der Waals surface area contributed by atoms with E-state index >= 15 is 0 Å². The standard InChI is InChI=1S/C20H18F2N2O2S/c1-13(19-23-15-8-4-6-10-17(15)27-19)24(2)18(25)12-11-14-7-3-5-9-16(14)26-20(21)22/h3-13,20H,1-2H3/b12-11+/t13-/m1/s1. The molecular formula is C20H18F2N2O2S. The van der Waals surface area contributed by atoms with Gasteiger partial charge in [-0.1, -0.05) is 30.3 Å². The second-order valence-corrected chi connectivity index (χ2v) is 6.96. The third-order valence-corrected chi connectivity index (χ3v) is 5.34. The monoisotopic (exact) mass is 388 g/mol. The van der Waals surface area contributed by atoms with Gasteiger partial charge in [-0.15, -0.1) is 11.3 Å². The van der Waals surface area contributed by atoms with E-state index in [0.29, 0.717) is 5.56 Å². The lowest BCUT2D eigenvalue weighted by Crippen LogP contribution is -2.27. The Morgan fingerprint density at radius 2 is 1.89 bits per heavy atom. The minimum atomic E-state index is -2.92. The fraction of sp³-hybridized carbons (Fsp3) is 0.200. The van der Waals surface area contributed by atoms with Crippen molar-refractivity contribution >= 4 is 33.5 Å². The molecule has 0 aliphatic carbocycles. The first-order valence-corrected chi connectivity index (χ1v) is 9.11. The van der Waals surface area contributed by atoms with Gasteiger partial charge in [-0.3, -0.25) is 4.79 Å². The number of para-hydroxylation sites is 2. The van der Waals surface area contributed by atoms with Crippen molar-refractivity contribution < 1.29 is 18.3 Å². The summed E-state index contributed by atoms with van der Waals surface area (Å²) in [6.07, 6.45) is 2.82. The van der Waals surface area contributed by atoms with E-state index in [1.54, 1.807) is 41.5 Å². The normalized spacial score (nSPS) is 12.6. The molecule has 1 amide bonds. The SMILES string of the molecule is C[C@H](c1nc2ccccc2s1)N(C)C(=O)/C=C/c1ccccc1OC(F)F. The van der Waals surface area contributed by atoms with E-state index in [1.165, 1.54) is 18.2 Å². The number of hydrogen-bond acceptors (Lipinski definition) is 4. The van der Waals surface area contributed by atoms with E-state index in [0.717, 1.165) is 15.2 Å². The Hall–Kier alpha value is -2.80. The van der Waals surface area contributed by atoms with Crippen LogP contribution in [0.3, 0.4) is 0 Å². The molecule has 1 aromatic heterocycles. The Kier molecular flexibility index (Phi) is 5.81. The van der Waals surface area contributed by atoms with Crippen molar-refractivity contribution in [1.82, 2.24) is 9.88 Å². The summed E-state index contributed by atoms with van der Waals surface area (Å²) >= 11 is 1.54. The first-order valence-electron chi connectivity index (χ1n) is 8.30. The van der Waals surface area contributed by atoms with Crippen molar-refractivity contribution in [3.8, 4) is 5.75 Å². The van der Waals surface area contributed by atoms with E-state index in [2.05, 4.69) is 9.72 Å². The Morgan fingerprint density at radius 1 is 1.19 bits per heavy atom. The van der Waals surface area contributed by atoms with Gasteiger partial charge in [-0.2, -0.15) is 8.78 Å². The molecule has 0 aliphatic heterocycles. The van der Waals surface area contributed by atoms with Gasteiger partial charge in [0, 0.05) is 18.7 Å². The number of carbonyl (C=O) groups is 1. The average Bonchev–Trinajstić information content (AvgIpc) is 3.09. The van der Waals surface area contributed by atoms with Gasteiger partial charge in [0.05, 0.1) is 16.3 Å². The fourth-order valence-corrected chi connectivity index (χ4v) is 3.59. The van der Waals surface area contributed by atoms with E-state index in [1.807, 2.05) is 31.2 Å². The van der Waals surface area contributed by atoms with Crippen LogP contribution in [0, 0.1) is 0 Å². The van der Waals surface area contributed by atoms with Crippen LogP contribution in [0.1, 0.15) is 23.5 Å². The lowest BCUT2D eigenvalue weighted by atomic mass is 10.2. The summed E-state index contributed by atoms with van der Waals surface area (Å²) in [5, 5.41) is 0.835. The number of nitrogens with zero attached hydrogens (tertiary/aromatic N) is 2. The summed E-state index contributed by atoms with van der Waals surface area (Å²) in [5.41, 5.74) is 1.31. The highest BCUT2D eigenvalue weighted by atomic mass is 32.1. The lowest BCUT2D eigenvalue weighted by molar-refractivity contribution is -0.126. The summed E-state index contributed by atoms with van der Waals surface area (Å²) in [5.74, 6) is -0.230. The van der Waals surface area contributed by atoms with E-state index in [-0.39, 0.29) is 17.7 Å². The number of hydrogen-bond donors (Lipinski definition) is 0. The highest BCUT2D eigenvalue weighted by molar-refractivity contribution is 7.18. The topological polar surface area (TPSA) is 42.4 Å². The van der Waals surface area contributed by atoms with Crippen LogP contribution in [-0.4, -0.2) is 29.5 Å². The van der Waals surface area contributed by atoms with E-state index in [9.17, 15) is 13.6 Å². The number of amides is 1. The molecular weight excluding hydrogens is 370 g/mol. The van der Waals surface area contributed by atoms with Crippen molar-refractivity contribution in [3.63, 3.8) is 0 Å². The number of alkyl halides is 2. The first-order chi connectivity index (χ1) is 13.0. The van der Waals surface area contributed by atoms with Crippen LogP contribution >= 0.6 is 11.3 Å². The van der Waals surface area contributed by atoms with Crippen molar-refractivity contribution in [2.75, 3.05) is 7.05 Å². The minimum absolute atomic E-state index is 0.0263. The molecule has 0 saturated heterocycles. The van der Waals surface area contributed by atoms with E-state index in [4.69, 9.17) is 0 Å². The lowest BCUT2D eigenvalue weighted by Gasteiger charge is -2.21. The average molecular weight is 388 g/mol. The number of carbonyl (C=O) groups excluding carboxylic acids is 1. The maximum atomic E-state index is 12.5. The summed E-state index contributed by atoms with van der Waals surface area (Å²) in [6, 6.07) is 13.9. The molecule has 0 unspecified atom stereocenters. The first kappa shape index (κ1) is 19.0.